The molecule has 0 unspecified atom stereocenters. The van der Waals surface area contributed by atoms with Crippen LogP contribution in [0.3, 0.4) is 0 Å². The molecule has 4 aromatic rings. The van der Waals surface area contributed by atoms with Crippen LogP contribution in [0, 0.1) is 0 Å². The van der Waals surface area contributed by atoms with Gasteiger partial charge in [0.05, 0.1) is 0 Å². The first-order valence-corrected chi connectivity index (χ1v) is 12.1. The van der Waals surface area contributed by atoms with Crippen molar-refractivity contribution in [3.05, 3.63) is 115 Å². The van der Waals surface area contributed by atoms with Gasteiger partial charge in [-0.05, 0) is 0 Å². The van der Waals surface area contributed by atoms with Crippen molar-refractivity contribution >= 4 is 39.0 Å². The van der Waals surface area contributed by atoms with Gasteiger partial charge in [-0.15, -0.1) is 0 Å². The Balaban J connectivity index is 1.66. The topological polar surface area (TPSA) is 0 Å². The van der Waals surface area contributed by atoms with Gasteiger partial charge in [-0.3, -0.25) is 0 Å². The van der Waals surface area contributed by atoms with Crippen LogP contribution in [-0.4, -0.2) is 20.9 Å². The average Bonchev–Trinajstić information content (AvgIpc) is 2.72. The van der Waals surface area contributed by atoms with Crippen molar-refractivity contribution in [1.82, 2.24) is 0 Å². The van der Waals surface area contributed by atoms with Gasteiger partial charge < -0.3 is 0 Å². The van der Waals surface area contributed by atoms with Gasteiger partial charge in [-0.25, -0.2) is 0 Å². The van der Waals surface area contributed by atoms with Gasteiger partial charge in [-0.2, -0.15) is 0 Å². The van der Waals surface area contributed by atoms with E-state index in [0.29, 0.717) is 0 Å². The van der Waals surface area contributed by atoms with Gasteiger partial charge in [0.15, 0.2) is 0 Å². The molecule has 4 aromatic carbocycles. The molecule has 26 heavy (non-hydrogen) atoms. The second-order valence-electron chi connectivity index (χ2n) is 5.82. The van der Waals surface area contributed by atoms with Crippen LogP contribution >= 0.6 is 0 Å². The van der Waals surface area contributed by atoms with Crippen LogP contribution in [0.1, 0.15) is 0 Å². The van der Waals surface area contributed by atoms with Crippen LogP contribution in [0.2, 0.25) is 0 Å². The molecule has 0 saturated carbocycles. The third-order valence-corrected chi connectivity index (χ3v) is 9.13. The Morgan fingerprint density at radius 2 is 0.769 bits per heavy atom. The molecule has 0 spiro atoms. The van der Waals surface area contributed by atoms with Gasteiger partial charge in [0.2, 0.25) is 0 Å². The molecule has 0 heterocycles. The van der Waals surface area contributed by atoms with Crippen LogP contribution < -0.4 is 7.22 Å². The molecule has 0 aliphatic rings. The molecule has 0 aliphatic heterocycles. The molecular weight excluding hydrogens is 448 g/mol. The third-order valence-electron chi connectivity index (χ3n) is 4.00. The molecular formula is C24H19STe+. The van der Waals surface area contributed by atoms with Crippen LogP contribution in [0.4, 0.5) is 0 Å². The van der Waals surface area contributed by atoms with E-state index in [9.17, 15) is 0 Å². The third kappa shape index (κ3) is 4.22. The van der Waals surface area contributed by atoms with E-state index in [1.54, 1.807) is 0 Å². The molecule has 0 bridgehead atoms. The summed E-state index contributed by atoms with van der Waals surface area (Å²) in [6.45, 7) is 0. The van der Waals surface area contributed by atoms with Crippen molar-refractivity contribution in [2.75, 3.05) is 0 Å². The van der Waals surface area contributed by atoms with E-state index in [2.05, 4.69) is 115 Å². The molecule has 2 heteroatoms. The number of rotatable bonds is 5. The van der Waals surface area contributed by atoms with E-state index in [1.165, 1.54) is 21.9 Å². The first kappa shape index (κ1) is 17.4. The standard InChI is InChI=1S/C24H19STe/c1-4-10-20(11-5-1)25(21-12-6-2-7-13-21)22-16-18-24(19-17-22)26-23-14-8-3-9-15-23/h1-19H/q+1. The summed E-state index contributed by atoms with van der Waals surface area (Å²) < 4.78 is 2.96. The van der Waals surface area contributed by atoms with Crippen LogP contribution in [0.15, 0.2) is 130 Å². The zero-order valence-electron chi connectivity index (χ0n) is 14.3. The van der Waals surface area contributed by atoms with E-state index in [4.69, 9.17) is 0 Å². The van der Waals surface area contributed by atoms with E-state index in [-0.39, 0.29) is 31.8 Å². The SMILES string of the molecule is c1ccc([Te]c2ccc([S+](c3ccccc3)c3ccccc3)cc2)cc1. The van der Waals surface area contributed by atoms with Gasteiger partial charge in [0, 0.05) is 0 Å². The zero-order chi connectivity index (χ0) is 17.6. The molecule has 0 fully saturated rings. The molecule has 0 aromatic heterocycles. The summed E-state index contributed by atoms with van der Waals surface area (Å²) in [5.74, 6) is 0. The second-order valence-corrected chi connectivity index (χ2v) is 11.1. The minimum atomic E-state index is -0.309. The van der Waals surface area contributed by atoms with Crippen molar-refractivity contribution in [2.24, 2.45) is 0 Å². The van der Waals surface area contributed by atoms with Crippen molar-refractivity contribution in [2.45, 2.75) is 14.7 Å². The first-order chi connectivity index (χ1) is 12.9. The Bertz CT molecular complexity index is 896. The Kier molecular flexibility index (Phi) is 5.77. The number of hydrogen-bond donors (Lipinski definition) is 0. The molecule has 0 radical (unpaired) electrons. The fraction of sp³-hybridized carbons (Fsp3) is 0. The van der Waals surface area contributed by atoms with E-state index >= 15 is 0 Å². The fourth-order valence-electron chi connectivity index (χ4n) is 2.79. The minimum absolute atomic E-state index is 0.0549. The van der Waals surface area contributed by atoms with Crippen molar-refractivity contribution < 1.29 is 0 Å². The Hall–Kier alpha value is -1.98. The summed E-state index contributed by atoms with van der Waals surface area (Å²) in [5, 5.41) is 0. The Morgan fingerprint density at radius 1 is 0.385 bits per heavy atom. The zero-order valence-corrected chi connectivity index (χ0v) is 17.4. The monoisotopic (exact) mass is 469 g/mol. The first-order valence-electron chi connectivity index (χ1n) is 8.57. The van der Waals surface area contributed by atoms with E-state index in [1.807, 2.05) is 0 Å². The van der Waals surface area contributed by atoms with Crippen LogP contribution in [0.25, 0.3) is 0 Å². The normalized spacial score (nSPS) is 10.8. The van der Waals surface area contributed by atoms with E-state index in [0.717, 1.165) is 0 Å². The fourth-order valence-corrected chi connectivity index (χ4v) is 7.26. The van der Waals surface area contributed by atoms with Gasteiger partial charge in [-0.1, -0.05) is 0 Å². The molecule has 126 valence electrons. The summed E-state index contributed by atoms with van der Waals surface area (Å²) in [7, 11) is -0.0549. The van der Waals surface area contributed by atoms with E-state index < -0.39 is 0 Å². The summed E-state index contributed by atoms with van der Waals surface area (Å²) in [5.41, 5.74) is 0. The summed E-state index contributed by atoms with van der Waals surface area (Å²) in [6, 6.07) is 41.8. The van der Waals surface area contributed by atoms with Crippen molar-refractivity contribution in [3.8, 4) is 0 Å². The number of hydrogen-bond acceptors (Lipinski definition) is 0. The van der Waals surface area contributed by atoms with Crippen LogP contribution in [-0.2, 0) is 10.9 Å². The quantitative estimate of drug-likeness (QED) is 0.301. The molecule has 0 N–H and O–H groups in total. The molecule has 4 rings (SSSR count). The molecule has 0 aliphatic carbocycles. The summed E-state index contributed by atoms with van der Waals surface area (Å²) >= 11 is -0.309. The average molecular weight is 467 g/mol. The molecule has 0 nitrogen and oxygen atoms in total. The number of benzene rings is 4. The summed E-state index contributed by atoms with van der Waals surface area (Å²) in [6.07, 6.45) is 0. The molecule has 0 saturated heterocycles. The maximum atomic E-state index is 2.33. The van der Waals surface area contributed by atoms with Gasteiger partial charge in [0.25, 0.3) is 0 Å². The van der Waals surface area contributed by atoms with Crippen molar-refractivity contribution in [1.29, 1.82) is 0 Å². The Labute approximate surface area is 168 Å². The van der Waals surface area contributed by atoms with Crippen LogP contribution in [0.5, 0.6) is 0 Å². The Morgan fingerprint density at radius 3 is 1.27 bits per heavy atom. The predicted molar refractivity (Wildman–Crippen MR) is 113 cm³/mol. The van der Waals surface area contributed by atoms with Gasteiger partial charge >= 0.3 is 169 Å². The second kappa shape index (κ2) is 8.60. The molecule has 0 atom stereocenters. The van der Waals surface area contributed by atoms with Crippen molar-refractivity contribution in [3.63, 3.8) is 0 Å². The molecule has 0 amide bonds. The summed E-state index contributed by atoms with van der Waals surface area (Å²) in [4.78, 5) is 4.11. The van der Waals surface area contributed by atoms with Gasteiger partial charge in [0.1, 0.15) is 0 Å². The maximum absolute atomic E-state index is 2.33. The predicted octanol–water partition coefficient (Wildman–Crippen LogP) is 4.44.